The molecule has 0 aliphatic carbocycles. The Morgan fingerprint density at radius 3 is 2.10 bits per heavy atom. The molecule has 470 valence electrons. The topological polar surface area (TPSA) is 307 Å². The number of amides is 2. The van der Waals surface area contributed by atoms with Crippen LogP contribution in [-0.4, -0.2) is 98.9 Å². The largest absolute Gasteiger partial charge is 0.455 e. The summed E-state index contributed by atoms with van der Waals surface area (Å²) in [5.74, 6) is 6.60. The Bertz CT molecular complexity index is 5200. The van der Waals surface area contributed by atoms with Crippen LogP contribution >= 0.6 is 0 Å². The second-order valence-corrected chi connectivity index (χ2v) is 25.7. The second kappa shape index (κ2) is 25.9. The van der Waals surface area contributed by atoms with Crippen LogP contribution in [0.5, 0.6) is 11.5 Å². The van der Waals surface area contributed by atoms with Crippen LogP contribution in [0.2, 0.25) is 0 Å². The number of hydrogen-bond acceptors (Lipinski definition) is 15. The van der Waals surface area contributed by atoms with Crippen molar-refractivity contribution in [2.24, 2.45) is 0 Å². The van der Waals surface area contributed by atoms with Gasteiger partial charge in [-0.1, -0.05) is 73.4 Å². The molecule has 5 N–H and O–H groups in total. The maximum atomic E-state index is 13.6. The summed E-state index contributed by atoms with van der Waals surface area (Å²) >= 11 is 0. The fraction of sp³-hybridized carbons (Fsp3) is 0.239. The number of aromatic nitrogens is 2. The molecule has 0 radical (unpaired) electrons. The average Bonchev–Trinajstić information content (AvgIpc) is 1.33. The first-order valence-corrected chi connectivity index (χ1v) is 33.4. The van der Waals surface area contributed by atoms with E-state index in [0.717, 1.165) is 89.5 Å². The molecule has 1 fully saturated rings. The lowest BCUT2D eigenvalue weighted by molar-refractivity contribution is -0.00214. The zero-order valence-corrected chi connectivity index (χ0v) is 51.8. The molecule has 92 heavy (non-hydrogen) atoms. The molecule has 5 heterocycles. The van der Waals surface area contributed by atoms with E-state index >= 15 is 0 Å². The standard InChI is InChI=1S/C67H58N6O13S2.O3S/c1-2-48-20-25-59(85-48)73-39-46(66(76)70-67(73)77)9-5-6-31-84-32-28-68-64(74)42-14-10-40(11-15-42)37-69-65(75)43-16-18-47(19-17-43)72-30-27-53-61(72)55-34-45-8-4-3-7-44(45)33-54(55)58-36-57-51-24-23-50(88(81,82)83)35-56(51)60-52(62(57)86-63(53)58)26-29-71(60)38-41-12-21-49(22-13-41)87(78,79)80;1-4(2)3/h3-4,7-8,10-19,21-24,33-36,39,48,59H,2,9,20,25-32,37-38H2,1H3,(H4-,68,69,70,74,75,76,77,78,79,80,81,82,83);/p+1/t48-,59-;/m1./s1. The van der Waals surface area contributed by atoms with Crippen molar-refractivity contribution < 1.29 is 62.4 Å². The number of H-pyrrole nitrogens is 1. The zero-order chi connectivity index (χ0) is 64.6. The quantitative estimate of drug-likeness (QED) is 0.0231. The van der Waals surface area contributed by atoms with Gasteiger partial charge >= 0.3 is 16.3 Å². The number of hydrogen-bond donors (Lipinski definition) is 5. The van der Waals surface area contributed by atoms with E-state index in [4.69, 9.17) is 26.8 Å². The van der Waals surface area contributed by atoms with Gasteiger partial charge in [0.15, 0.2) is 6.54 Å². The minimum atomic E-state index is -4.59. The van der Waals surface area contributed by atoms with E-state index in [-0.39, 0.29) is 60.4 Å². The van der Waals surface area contributed by atoms with Gasteiger partial charge in [0.1, 0.15) is 30.9 Å². The summed E-state index contributed by atoms with van der Waals surface area (Å²) in [6.45, 7) is 4.27. The minimum Gasteiger partial charge on any atom is -0.455 e. The molecule has 0 bridgehead atoms. The molecule has 0 saturated carbocycles. The highest BCUT2D eigenvalue weighted by molar-refractivity contribution is 7.86. The lowest BCUT2D eigenvalue weighted by Crippen LogP contribution is -2.34. The predicted molar refractivity (Wildman–Crippen MR) is 342 cm³/mol. The third kappa shape index (κ3) is 13.0. The van der Waals surface area contributed by atoms with Crippen LogP contribution in [0.4, 0.5) is 11.4 Å². The third-order valence-electron chi connectivity index (χ3n) is 16.9. The van der Waals surface area contributed by atoms with Gasteiger partial charge in [-0.3, -0.25) is 33.0 Å². The van der Waals surface area contributed by atoms with Gasteiger partial charge in [-0.25, -0.2) is 9.37 Å². The van der Waals surface area contributed by atoms with Gasteiger partial charge in [-0.2, -0.15) is 16.8 Å². The first kappa shape index (κ1) is 62.5. The number of carbonyl (C=O) groups is 2. The third-order valence-corrected chi connectivity index (χ3v) is 18.6. The maximum absolute atomic E-state index is 13.6. The normalized spacial score (nSPS) is 15.5. The Labute approximate surface area is 528 Å². The highest BCUT2D eigenvalue weighted by Gasteiger charge is 2.36. The Balaban J connectivity index is 0.00000198. The molecule has 22 nitrogen and oxygen atoms in total. The van der Waals surface area contributed by atoms with Gasteiger partial charge in [0.25, 0.3) is 37.6 Å². The molecule has 2 atom stereocenters. The van der Waals surface area contributed by atoms with Gasteiger partial charge < -0.3 is 29.7 Å². The molecule has 9 aromatic rings. The predicted octanol–water partition coefficient (Wildman–Crippen LogP) is 6.37. The van der Waals surface area contributed by atoms with Gasteiger partial charge in [-0.15, -0.1) is 12.6 Å². The number of nitrogens with one attached hydrogen (secondary N) is 3. The van der Waals surface area contributed by atoms with Crippen molar-refractivity contribution in [1.29, 1.82) is 0 Å². The van der Waals surface area contributed by atoms with Gasteiger partial charge in [0.05, 0.1) is 39.1 Å². The fourth-order valence-corrected chi connectivity index (χ4v) is 13.4. The molecule has 2 amide bonds. The Morgan fingerprint density at radius 1 is 0.750 bits per heavy atom. The SMILES string of the molecule is CC[C@@H]1CC[C@H](n2cc(CC#CCOCCNC(=O)c3ccc(CNC(=O)c4ccc(N5CCc6c7c(c8cc9ccccc9cc8c65)C=c5c(c6c(c8cc(S(=O)(=O)O)ccc58)=[N+](Cc5ccc(S(=O)(=O)O)cc5)CC6)O7)cc4)cc3)c(=O)[nH]c2=O)O1.O=S(=O)=O. The fourth-order valence-electron chi connectivity index (χ4n) is 12.5. The number of aromatic amines is 1. The summed E-state index contributed by atoms with van der Waals surface area (Å²) in [5.41, 5.74) is 6.45. The molecule has 0 spiro atoms. The van der Waals surface area contributed by atoms with Gasteiger partial charge in [-0.05, 0) is 132 Å². The number of ether oxygens (including phenoxy) is 3. The summed E-state index contributed by atoms with van der Waals surface area (Å²) in [5, 5.41) is 12.7. The van der Waals surface area contributed by atoms with E-state index in [0.29, 0.717) is 72.5 Å². The van der Waals surface area contributed by atoms with Crippen LogP contribution in [0.25, 0.3) is 38.4 Å². The van der Waals surface area contributed by atoms with Crippen LogP contribution in [0.15, 0.2) is 153 Å². The smallest absolute Gasteiger partial charge is 0.425 e. The molecular formula is C67H59N6O16S3+. The van der Waals surface area contributed by atoms with Crippen LogP contribution < -0.4 is 46.7 Å². The lowest BCUT2D eigenvalue weighted by Gasteiger charge is -2.26. The molecule has 25 heteroatoms. The Kier molecular flexibility index (Phi) is 17.6. The monoisotopic (exact) mass is 1300 g/mol. The Morgan fingerprint density at radius 2 is 1.41 bits per heavy atom. The van der Waals surface area contributed by atoms with Crippen molar-refractivity contribution in [2.75, 3.05) is 37.7 Å². The van der Waals surface area contributed by atoms with Crippen molar-refractivity contribution in [2.45, 2.75) is 80.7 Å². The summed E-state index contributed by atoms with van der Waals surface area (Å²) in [6.07, 6.45) is 7.02. The second-order valence-electron chi connectivity index (χ2n) is 22.5. The number of benzene rings is 8. The molecular weight excluding hydrogens is 1240 g/mol. The summed E-state index contributed by atoms with van der Waals surface area (Å²) < 4.78 is 117. The van der Waals surface area contributed by atoms with Crippen LogP contribution in [0.3, 0.4) is 0 Å². The minimum absolute atomic E-state index is 0.0844. The highest BCUT2D eigenvalue weighted by Crippen LogP contribution is 2.51. The average molecular weight is 1300 g/mol. The van der Waals surface area contributed by atoms with Crippen LogP contribution in [0, 0.1) is 11.8 Å². The molecule has 1 saturated heterocycles. The van der Waals surface area contributed by atoms with E-state index in [1.165, 1.54) is 35.0 Å². The van der Waals surface area contributed by atoms with E-state index in [1.54, 1.807) is 54.6 Å². The molecule has 8 aromatic carbocycles. The van der Waals surface area contributed by atoms with Crippen molar-refractivity contribution in [3.8, 4) is 23.3 Å². The number of carbonyl (C=O) groups excluding carboxylic acids is 2. The van der Waals surface area contributed by atoms with Crippen molar-refractivity contribution in [3.63, 3.8) is 0 Å². The van der Waals surface area contributed by atoms with Crippen molar-refractivity contribution >= 4 is 92.4 Å². The van der Waals surface area contributed by atoms with E-state index in [1.807, 2.05) is 31.2 Å². The zero-order valence-electron chi connectivity index (χ0n) is 49.3. The molecule has 1 aromatic heterocycles. The number of nitrogens with zero attached hydrogens (tertiary/aromatic N) is 3. The summed E-state index contributed by atoms with van der Waals surface area (Å²) in [4.78, 5) is 55.6. The van der Waals surface area contributed by atoms with Gasteiger partial charge in [0, 0.05) is 88.3 Å². The lowest BCUT2D eigenvalue weighted by atomic mass is 9.91. The number of anilines is 2. The van der Waals surface area contributed by atoms with E-state index in [2.05, 4.69) is 67.3 Å². The van der Waals surface area contributed by atoms with E-state index < -0.39 is 48.3 Å². The summed E-state index contributed by atoms with van der Waals surface area (Å²) in [7, 11) is -12.1. The Hall–Kier alpha value is -9.65. The first-order chi connectivity index (χ1) is 44.2. The van der Waals surface area contributed by atoms with Crippen molar-refractivity contribution in [1.82, 2.24) is 24.8 Å². The van der Waals surface area contributed by atoms with Crippen LogP contribution in [0.1, 0.15) is 86.5 Å². The number of fused-ring (bicyclic) bond motifs is 13. The maximum Gasteiger partial charge on any atom is 0.425 e. The number of rotatable bonds is 16. The molecule has 13 rings (SSSR count). The van der Waals surface area contributed by atoms with Crippen LogP contribution in [-0.2, 0) is 72.7 Å². The summed E-state index contributed by atoms with van der Waals surface area (Å²) in [6, 6.07) is 37.5. The molecule has 4 aliphatic heterocycles. The van der Waals surface area contributed by atoms with Gasteiger partial charge in [0.2, 0.25) is 5.36 Å². The first-order valence-electron chi connectivity index (χ1n) is 29.5. The molecule has 4 aliphatic rings. The molecule has 0 unspecified atom stereocenters. The van der Waals surface area contributed by atoms with E-state index in [9.17, 15) is 45.1 Å². The van der Waals surface area contributed by atoms with Crippen molar-refractivity contribution in [3.05, 3.63) is 210 Å². The highest BCUT2D eigenvalue weighted by atomic mass is 32.2.